The summed E-state index contributed by atoms with van der Waals surface area (Å²) < 4.78 is 11.1. The number of hydrogen-bond acceptors (Lipinski definition) is 4. The van der Waals surface area contributed by atoms with E-state index in [0.717, 1.165) is 0 Å². The van der Waals surface area contributed by atoms with E-state index in [1.54, 1.807) is 30.6 Å². The summed E-state index contributed by atoms with van der Waals surface area (Å²) in [5.41, 5.74) is 0.634. The number of para-hydroxylation sites is 2. The van der Waals surface area contributed by atoms with Crippen LogP contribution in [0.4, 0.5) is 5.69 Å². The number of nitrogens with zero attached hydrogens (tertiary/aromatic N) is 1. The molecular weight excluding hydrogens is 244 g/mol. The van der Waals surface area contributed by atoms with E-state index in [0.29, 0.717) is 17.2 Å². The molecule has 0 radical (unpaired) electrons. The number of carbonyl (C=O) groups is 1. The summed E-state index contributed by atoms with van der Waals surface area (Å²) in [5.74, 6) is 0.996. The van der Waals surface area contributed by atoms with Crippen molar-refractivity contribution < 1.29 is 14.3 Å². The van der Waals surface area contributed by atoms with Crippen LogP contribution in [0.1, 0.15) is 0 Å². The number of ether oxygens (including phenoxy) is 2. The molecule has 2 aromatic rings. The molecule has 0 aliphatic carbocycles. The summed E-state index contributed by atoms with van der Waals surface area (Å²) in [6, 6.07) is 10.8. The van der Waals surface area contributed by atoms with Gasteiger partial charge in [-0.2, -0.15) is 0 Å². The van der Waals surface area contributed by atoms with Crippen LogP contribution in [0.3, 0.4) is 0 Å². The molecule has 1 aliphatic rings. The van der Waals surface area contributed by atoms with Crippen LogP contribution in [0.5, 0.6) is 11.5 Å². The second-order valence-corrected chi connectivity index (χ2v) is 4.10. The quantitative estimate of drug-likeness (QED) is 0.891. The van der Waals surface area contributed by atoms with Crippen molar-refractivity contribution in [2.24, 2.45) is 0 Å². The van der Waals surface area contributed by atoms with E-state index in [-0.39, 0.29) is 12.5 Å². The highest BCUT2D eigenvalue weighted by Crippen LogP contribution is 2.31. The van der Waals surface area contributed by atoms with Crippen molar-refractivity contribution in [3.05, 3.63) is 48.8 Å². The number of benzene rings is 1. The maximum atomic E-state index is 12.0. The topological polar surface area (TPSA) is 60.5 Å². The normalized spacial score (nSPS) is 16.7. The Morgan fingerprint density at radius 2 is 2.05 bits per heavy atom. The molecule has 0 spiro atoms. The highest BCUT2D eigenvalue weighted by atomic mass is 16.6. The molecule has 2 heterocycles. The van der Waals surface area contributed by atoms with Gasteiger partial charge in [0.2, 0.25) is 6.10 Å². The van der Waals surface area contributed by atoms with Gasteiger partial charge in [-0.3, -0.25) is 9.78 Å². The molecule has 1 atom stereocenters. The number of fused-ring (bicyclic) bond motifs is 1. The molecule has 0 unspecified atom stereocenters. The van der Waals surface area contributed by atoms with Crippen molar-refractivity contribution in [3.63, 3.8) is 0 Å². The Morgan fingerprint density at radius 3 is 2.84 bits per heavy atom. The number of amides is 1. The predicted molar refractivity (Wildman–Crippen MR) is 69.2 cm³/mol. The molecule has 1 amide bonds. The number of anilines is 1. The van der Waals surface area contributed by atoms with Crippen LogP contribution in [0.25, 0.3) is 0 Å². The van der Waals surface area contributed by atoms with Crippen molar-refractivity contribution in [3.8, 4) is 11.5 Å². The zero-order valence-corrected chi connectivity index (χ0v) is 10.1. The van der Waals surface area contributed by atoms with Crippen LogP contribution < -0.4 is 14.8 Å². The van der Waals surface area contributed by atoms with Gasteiger partial charge in [-0.15, -0.1) is 0 Å². The third kappa shape index (κ3) is 2.49. The van der Waals surface area contributed by atoms with Gasteiger partial charge in [0, 0.05) is 6.20 Å². The number of pyridine rings is 1. The molecule has 0 bridgehead atoms. The summed E-state index contributed by atoms with van der Waals surface area (Å²) in [4.78, 5) is 16.0. The molecule has 1 N–H and O–H groups in total. The first-order chi connectivity index (χ1) is 9.33. The van der Waals surface area contributed by atoms with Crippen LogP contribution in [0.2, 0.25) is 0 Å². The lowest BCUT2D eigenvalue weighted by Gasteiger charge is -2.25. The molecule has 3 rings (SSSR count). The molecule has 96 valence electrons. The van der Waals surface area contributed by atoms with Crippen molar-refractivity contribution in [1.29, 1.82) is 0 Å². The third-order valence-corrected chi connectivity index (χ3v) is 2.73. The van der Waals surface area contributed by atoms with Crippen molar-refractivity contribution in [2.45, 2.75) is 6.10 Å². The summed E-state index contributed by atoms with van der Waals surface area (Å²) in [7, 11) is 0. The van der Waals surface area contributed by atoms with Gasteiger partial charge in [-0.05, 0) is 24.3 Å². The minimum Gasteiger partial charge on any atom is -0.485 e. The molecule has 0 saturated heterocycles. The minimum atomic E-state index is -0.657. The second-order valence-electron chi connectivity index (χ2n) is 4.10. The molecule has 5 heteroatoms. The Bertz CT molecular complexity index is 586. The molecule has 5 nitrogen and oxygen atoms in total. The van der Waals surface area contributed by atoms with Crippen molar-refractivity contribution >= 4 is 11.6 Å². The smallest absolute Gasteiger partial charge is 0.269 e. The highest BCUT2D eigenvalue weighted by Gasteiger charge is 2.27. The van der Waals surface area contributed by atoms with Crippen LogP contribution >= 0.6 is 0 Å². The average Bonchev–Trinajstić information content (AvgIpc) is 2.48. The van der Waals surface area contributed by atoms with E-state index >= 15 is 0 Å². The number of aromatic nitrogens is 1. The molecule has 19 heavy (non-hydrogen) atoms. The fourth-order valence-corrected chi connectivity index (χ4v) is 1.81. The monoisotopic (exact) mass is 256 g/mol. The summed E-state index contributed by atoms with van der Waals surface area (Å²) in [6.45, 7) is 0.198. The zero-order chi connectivity index (χ0) is 13.1. The average molecular weight is 256 g/mol. The predicted octanol–water partition coefficient (Wildman–Crippen LogP) is 1.86. The van der Waals surface area contributed by atoms with E-state index in [4.69, 9.17) is 9.47 Å². The van der Waals surface area contributed by atoms with E-state index in [2.05, 4.69) is 10.3 Å². The van der Waals surface area contributed by atoms with Gasteiger partial charge in [0.1, 0.15) is 6.61 Å². The minimum absolute atomic E-state index is 0.198. The first-order valence-corrected chi connectivity index (χ1v) is 5.92. The Kier molecular flexibility index (Phi) is 3.02. The van der Waals surface area contributed by atoms with Crippen LogP contribution in [-0.4, -0.2) is 23.6 Å². The van der Waals surface area contributed by atoms with Gasteiger partial charge in [0.25, 0.3) is 5.91 Å². The maximum absolute atomic E-state index is 12.0. The second kappa shape index (κ2) is 4.97. The van der Waals surface area contributed by atoms with Crippen molar-refractivity contribution in [1.82, 2.24) is 4.98 Å². The fourth-order valence-electron chi connectivity index (χ4n) is 1.81. The van der Waals surface area contributed by atoms with Gasteiger partial charge >= 0.3 is 0 Å². The van der Waals surface area contributed by atoms with E-state index in [1.165, 1.54) is 0 Å². The summed E-state index contributed by atoms with van der Waals surface area (Å²) in [6.07, 6.45) is 2.57. The molecule has 1 aliphatic heterocycles. The number of nitrogens with one attached hydrogen (secondary N) is 1. The summed E-state index contributed by atoms with van der Waals surface area (Å²) in [5, 5.41) is 2.74. The Hall–Kier alpha value is -2.56. The molecule has 0 fully saturated rings. The van der Waals surface area contributed by atoms with Crippen molar-refractivity contribution in [2.75, 3.05) is 11.9 Å². The number of carbonyl (C=O) groups excluding carboxylic acids is 1. The lowest BCUT2D eigenvalue weighted by molar-refractivity contribution is -0.125. The first-order valence-electron chi connectivity index (χ1n) is 5.92. The van der Waals surface area contributed by atoms with E-state index in [9.17, 15) is 4.79 Å². The lowest BCUT2D eigenvalue weighted by Crippen LogP contribution is -2.40. The van der Waals surface area contributed by atoms with Gasteiger partial charge in [-0.1, -0.05) is 12.1 Å². The van der Waals surface area contributed by atoms with Gasteiger partial charge in [0.15, 0.2) is 11.5 Å². The molecule has 1 aromatic heterocycles. The highest BCUT2D eigenvalue weighted by molar-refractivity contribution is 5.94. The Balaban J connectivity index is 1.70. The molecule has 0 saturated carbocycles. The van der Waals surface area contributed by atoms with Crippen LogP contribution in [0, 0.1) is 0 Å². The van der Waals surface area contributed by atoms with Gasteiger partial charge in [0.05, 0.1) is 11.9 Å². The van der Waals surface area contributed by atoms with E-state index < -0.39 is 6.10 Å². The Morgan fingerprint density at radius 1 is 1.21 bits per heavy atom. The fraction of sp³-hybridized carbons (Fsp3) is 0.143. The van der Waals surface area contributed by atoms with Gasteiger partial charge < -0.3 is 14.8 Å². The first kappa shape index (κ1) is 11.5. The standard InChI is InChI=1S/C14H12N2O3/c17-14(16-10-4-3-7-15-8-10)13-9-18-11-5-1-2-6-12(11)19-13/h1-8,13H,9H2,(H,16,17)/t13-/m1/s1. The molecule has 1 aromatic carbocycles. The third-order valence-electron chi connectivity index (χ3n) is 2.73. The van der Waals surface area contributed by atoms with Crippen LogP contribution in [0.15, 0.2) is 48.8 Å². The van der Waals surface area contributed by atoms with Gasteiger partial charge in [-0.25, -0.2) is 0 Å². The SMILES string of the molecule is O=C(Nc1cccnc1)[C@H]1COc2ccccc2O1. The summed E-state index contributed by atoms with van der Waals surface area (Å²) >= 11 is 0. The lowest BCUT2D eigenvalue weighted by atomic mass is 10.2. The number of hydrogen-bond donors (Lipinski definition) is 1. The Labute approximate surface area is 110 Å². The zero-order valence-electron chi connectivity index (χ0n) is 10.1. The number of rotatable bonds is 2. The maximum Gasteiger partial charge on any atom is 0.269 e. The molecular formula is C14H12N2O3. The van der Waals surface area contributed by atoms with E-state index in [1.807, 2.05) is 18.2 Å². The largest absolute Gasteiger partial charge is 0.485 e. The van der Waals surface area contributed by atoms with Crippen LogP contribution in [-0.2, 0) is 4.79 Å².